The van der Waals surface area contributed by atoms with Crippen LogP contribution in [-0.4, -0.2) is 59.1 Å². The van der Waals surface area contributed by atoms with Gasteiger partial charge < -0.3 is 4.74 Å². The van der Waals surface area contributed by atoms with Crippen molar-refractivity contribution in [2.75, 3.05) is 39.3 Å². The molecule has 2 heterocycles. The summed E-state index contributed by atoms with van der Waals surface area (Å²) in [5.74, 6) is 0.719. The highest BCUT2D eigenvalue weighted by Crippen LogP contribution is 2.30. The van der Waals surface area contributed by atoms with Gasteiger partial charge in [0.25, 0.3) is 0 Å². The third-order valence-electron chi connectivity index (χ3n) is 6.66. The number of nitrogens with zero attached hydrogens (tertiary/aromatic N) is 4. The number of hydrogen-bond donors (Lipinski definition) is 0. The van der Waals surface area contributed by atoms with Crippen molar-refractivity contribution in [3.63, 3.8) is 0 Å². The van der Waals surface area contributed by atoms with Crippen molar-refractivity contribution in [1.82, 2.24) is 19.8 Å². The van der Waals surface area contributed by atoms with Gasteiger partial charge >= 0.3 is 0 Å². The SMILES string of the molecule is Cc1cc(OCCN2CCN(C(c3ccc(F)cc3)c3ccc(F)cc3)CC2)nc(-c2ccccc2)n1. The molecule has 0 spiro atoms. The van der Waals surface area contributed by atoms with Gasteiger partial charge in [0.15, 0.2) is 5.82 Å². The van der Waals surface area contributed by atoms with Crippen LogP contribution in [0, 0.1) is 18.6 Å². The first kappa shape index (κ1) is 25.0. The Kier molecular flexibility index (Phi) is 7.82. The van der Waals surface area contributed by atoms with E-state index in [1.54, 1.807) is 0 Å². The zero-order valence-corrected chi connectivity index (χ0v) is 20.9. The Labute approximate surface area is 216 Å². The summed E-state index contributed by atoms with van der Waals surface area (Å²) in [6, 6.07) is 24.9. The number of aryl methyl sites for hydroxylation is 1. The summed E-state index contributed by atoms with van der Waals surface area (Å²) in [5, 5.41) is 0. The van der Waals surface area contributed by atoms with E-state index in [9.17, 15) is 8.78 Å². The first-order valence-electron chi connectivity index (χ1n) is 12.6. The van der Waals surface area contributed by atoms with E-state index in [1.165, 1.54) is 24.3 Å². The summed E-state index contributed by atoms with van der Waals surface area (Å²) in [6.45, 7) is 6.69. The third kappa shape index (κ3) is 6.37. The van der Waals surface area contributed by atoms with Crippen LogP contribution in [0.1, 0.15) is 22.9 Å². The van der Waals surface area contributed by atoms with Crippen molar-refractivity contribution >= 4 is 0 Å². The lowest BCUT2D eigenvalue weighted by atomic mass is 9.96. The van der Waals surface area contributed by atoms with Gasteiger partial charge in [-0.3, -0.25) is 9.80 Å². The van der Waals surface area contributed by atoms with Crippen molar-refractivity contribution in [1.29, 1.82) is 0 Å². The minimum atomic E-state index is -0.263. The van der Waals surface area contributed by atoms with Crippen LogP contribution in [0.4, 0.5) is 8.78 Å². The molecule has 1 fully saturated rings. The van der Waals surface area contributed by atoms with Gasteiger partial charge in [-0.2, -0.15) is 4.98 Å². The Hall–Kier alpha value is -3.68. The van der Waals surface area contributed by atoms with Crippen LogP contribution in [0.25, 0.3) is 11.4 Å². The summed E-state index contributed by atoms with van der Waals surface area (Å²) in [5.41, 5.74) is 3.82. The fourth-order valence-corrected chi connectivity index (χ4v) is 4.76. The fraction of sp³-hybridized carbons (Fsp3) is 0.267. The Bertz CT molecular complexity index is 1250. The van der Waals surface area contributed by atoms with Crippen molar-refractivity contribution in [3.05, 3.63) is 113 Å². The molecule has 1 aliphatic heterocycles. The van der Waals surface area contributed by atoms with Gasteiger partial charge in [0, 0.05) is 50.0 Å². The molecule has 0 atom stereocenters. The van der Waals surface area contributed by atoms with Crippen LogP contribution in [0.15, 0.2) is 84.9 Å². The highest BCUT2D eigenvalue weighted by Gasteiger charge is 2.26. The van der Waals surface area contributed by atoms with Gasteiger partial charge in [0.1, 0.15) is 18.2 Å². The number of piperazine rings is 1. The molecule has 0 saturated carbocycles. The summed E-state index contributed by atoms with van der Waals surface area (Å²) in [4.78, 5) is 13.9. The van der Waals surface area contributed by atoms with E-state index in [2.05, 4.69) is 19.8 Å². The summed E-state index contributed by atoms with van der Waals surface area (Å²) < 4.78 is 33.2. The molecule has 0 amide bonds. The van der Waals surface area contributed by atoms with Crippen LogP contribution < -0.4 is 4.74 Å². The maximum absolute atomic E-state index is 13.6. The van der Waals surface area contributed by atoms with E-state index >= 15 is 0 Å². The van der Waals surface area contributed by atoms with Crippen molar-refractivity contribution in [3.8, 4) is 17.3 Å². The molecule has 1 saturated heterocycles. The first-order chi connectivity index (χ1) is 18.0. The molecule has 0 radical (unpaired) electrons. The van der Waals surface area contributed by atoms with Gasteiger partial charge in [-0.25, -0.2) is 13.8 Å². The third-order valence-corrected chi connectivity index (χ3v) is 6.66. The van der Waals surface area contributed by atoms with Crippen LogP contribution in [0.2, 0.25) is 0 Å². The topological polar surface area (TPSA) is 41.5 Å². The standard InChI is InChI=1S/C30H30F2N4O/c1-22-21-28(34-30(33-22)25-5-3-2-4-6-25)37-20-19-35-15-17-36(18-16-35)29(23-7-11-26(31)12-8-23)24-9-13-27(32)14-10-24/h2-14,21,29H,15-20H2,1H3. The molecule has 190 valence electrons. The second-order valence-electron chi connectivity index (χ2n) is 9.27. The smallest absolute Gasteiger partial charge is 0.217 e. The van der Waals surface area contributed by atoms with Gasteiger partial charge in [0.2, 0.25) is 5.88 Å². The molecule has 1 aromatic heterocycles. The fourth-order valence-electron chi connectivity index (χ4n) is 4.76. The Morgan fingerprint density at radius 3 is 1.97 bits per heavy atom. The summed E-state index contributed by atoms with van der Waals surface area (Å²) in [6.07, 6.45) is 0. The predicted octanol–water partition coefficient (Wildman–Crippen LogP) is 5.52. The van der Waals surface area contributed by atoms with E-state index in [-0.39, 0.29) is 17.7 Å². The lowest BCUT2D eigenvalue weighted by Gasteiger charge is -2.39. The second kappa shape index (κ2) is 11.6. The average molecular weight is 501 g/mol. The molecule has 37 heavy (non-hydrogen) atoms. The largest absolute Gasteiger partial charge is 0.476 e. The molecule has 0 N–H and O–H groups in total. The predicted molar refractivity (Wildman–Crippen MR) is 140 cm³/mol. The zero-order chi connectivity index (χ0) is 25.6. The molecule has 4 aromatic rings. The maximum Gasteiger partial charge on any atom is 0.217 e. The minimum Gasteiger partial charge on any atom is -0.476 e. The Morgan fingerprint density at radius 1 is 0.784 bits per heavy atom. The van der Waals surface area contributed by atoms with Gasteiger partial charge in [0.05, 0.1) is 6.04 Å². The maximum atomic E-state index is 13.6. The van der Waals surface area contributed by atoms with E-state index in [4.69, 9.17) is 4.74 Å². The highest BCUT2D eigenvalue weighted by molar-refractivity contribution is 5.55. The first-order valence-corrected chi connectivity index (χ1v) is 12.6. The van der Waals surface area contributed by atoms with Crippen molar-refractivity contribution < 1.29 is 13.5 Å². The normalized spacial score (nSPS) is 14.7. The number of rotatable bonds is 8. The van der Waals surface area contributed by atoms with Crippen LogP contribution in [-0.2, 0) is 0 Å². The monoisotopic (exact) mass is 500 g/mol. The van der Waals surface area contributed by atoms with Crippen molar-refractivity contribution in [2.24, 2.45) is 0 Å². The second-order valence-corrected chi connectivity index (χ2v) is 9.27. The molecule has 5 rings (SSSR count). The molecule has 1 aliphatic rings. The average Bonchev–Trinajstić information content (AvgIpc) is 2.92. The molecule has 7 heteroatoms. The zero-order valence-electron chi connectivity index (χ0n) is 20.9. The summed E-state index contributed by atoms with van der Waals surface area (Å²) >= 11 is 0. The van der Waals surface area contributed by atoms with Gasteiger partial charge in [-0.15, -0.1) is 0 Å². The molecule has 0 aliphatic carbocycles. The number of aromatic nitrogens is 2. The lowest BCUT2D eigenvalue weighted by Crippen LogP contribution is -2.48. The van der Waals surface area contributed by atoms with E-state index in [0.29, 0.717) is 18.3 Å². The molecule has 5 nitrogen and oxygen atoms in total. The number of ether oxygens (including phenoxy) is 1. The van der Waals surface area contributed by atoms with Crippen LogP contribution in [0.5, 0.6) is 5.88 Å². The van der Waals surface area contributed by atoms with E-state index < -0.39 is 0 Å². The van der Waals surface area contributed by atoms with Crippen molar-refractivity contribution in [2.45, 2.75) is 13.0 Å². The highest BCUT2D eigenvalue weighted by atomic mass is 19.1. The number of halogens is 2. The van der Waals surface area contributed by atoms with E-state index in [1.807, 2.05) is 67.6 Å². The van der Waals surface area contributed by atoms with Crippen LogP contribution in [0.3, 0.4) is 0 Å². The molecule has 3 aromatic carbocycles. The molecule has 0 unspecified atom stereocenters. The summed E-state index contributed by atoms with van der Waals surface area (Å²) in [7, 11) is 0. The van der Waals surface area contributed by atoms with Crippen LogP contribution >= 0.6 is 0 Å². The lowest BCUT2D eigenvalue weighted by molar-refractivity contribution is 0.0970. The van der Waals surface area contributed by atoms with E-state index in [0.717, 1.165) is 55.1 Å². The Morgan fingerprint density at radius 2 is 1.38 bits per heavy atom. The number of benzene rings is 3. The quantitative estimate of drug-likeness (QED) is 0.319. The molecular weight excluding hydrogens is 470 g/mol. The molecular formula is C30H30F2N4O. The van der Waals surface area contributed by atoms with Gasteiger partial charge in [-0.1, -0.05) is 54.6 Å². The molecule has 0 bridgehead atoms. The number of hydrogen-bond acceptors (Lipinski definition) is 5. The Balaban J connectivity index is 1.19. The van der Waals surface area contributed by atoms with Gasteiger partial charge in [-0.05, 0) is 42.3 Å². The minimum absolute atomic E-state index is 0.0556.